The number of nitrogens with zero attached hydrogens (tertiary/aromatic N) is 1. The zero-order valence-corrected chi connectivity index (χ0v) is 11.3. The molecule has 1 N–H and O–H groups in total. The maximum Gasteiger partial charge on any atom is 0.0588 e. The van der Waals surface area contributed by atoms with Crippen LogP contribution in [-0.2, 0) is 4.74 Å². The van der Waals surface area contributed by atoms with E-state index in [0.29, 0.717) is 6.10 Å². The highest BCUT2D eigenvalue weighted by molar-refractivity contribution is 4.71. The Bertz CT molecular complexity index is 196. The minimum Gasteiger partial charge on any atom is -0.378 e. The molecule has 0 amide bonds. The van der Waals surface area contributed by atoms with Gasteiger partial charge >= 0.3 is 0 Å². The SMILES string of the molecule is CN1CCC(CCNCCC2CCCO2)CC1. The van der Waals surface area contributed by atoms with E-state index in [-0.39, 0.29) is 0 Å². The summed E-state index contributed by atoms with van der Waals surface area (Å²) >= 11 is 0. The highest BCUT2D eigenvalue weighted by Crippen LogP contribution is 2.18. The van der Waals surface area contributed by atoms with Gasteiger partial charge in [-0.05, 0) is 77.7 Å². The van der Waals surface area contributed by atoms with Crippen LogP contribution in [0.3, 0.4) is 0 Å². The van der Waals surface area contributed by atoms with Crippen LogP contribution >= 0.6 is 0 Å². The molecule has 3 nitrogen and oxygen atoms in total. The monoisotopic (exact) mass is 240 g/mol. The van der Waals surface area contributed by atoms with E-state index in [1.807, 2.05) is 0 Å². The maximum absolute atomic E-state index is 5.62. The molecule has 0 aromatic carbocycles. The van der Waals surface area contributed by atoms with Gasteiger partial charge in [-0.1, -0.05) is 0 Å². The van der Waals surface area contributed by atoms with Crippen molar-refractivity contribution in [3.8, 4) is 0 Å². The first-order valence-electron chi connectivity index (χ1n) is 7.35. The van der Waals surface area contributed by atoms with Gasteiger partial charge in [0.2, 0.25) is 0 Å². The van der Waals surface area contributed by atoms with E-state index < -0.39 is 0 Å². The standard InChI is InChI=1S/C14H28N2O/c1-16-10-6-13(7-11-16)4-8-15-9-5-14-3-2-12-17-14/h13-15H,2-12H2,1H3. The quantitative estimate of drug-likeness (QED) is 0.717. The second-order valence-electron chi connectivity index (χ2n) is 5.71. The molecule has 3 heteroatoms. The predicted molar refractivity (Wildman–Crippen MR) is 71.3 cm³/mol. The lowest BCUT2D eigenvalue weighted by atomic mass is 9.94. The number of piperidine rings is 1. The van der Waals surface area contributed by atoms with Gasteiger partial charge in [-0.25, -0.2) is 0 Å². The maximum atomic E-state index is 5.62. The average molecular weight is 240 g/mol. The molecule has 1 unspecified atom stereocenters. The molecule has 0 spiro atoms. The molecule has 2 fully saturated rings. The summed E-state index contributed by atoms with van der Waals surface area (Å²) in [5.74, 6) is 0.960. The fourth-order valence-electron chi connectivity index (χ4n) is 2.92. The molecule has 2 aliphatic heterocycles. The molecule has 100 valence electrons. The fourth-order valence-corrected chi connectivity index (χ4v) is 2.92. The topological polar surface area (TPSA) is 24.5 Å². The molecule has 2 aliphatic rings. The van der Waals surface area contributed by atoms with Crippen molar-refractivity contribution in [1.82, 2.24) is 10.2 Å². The molecule has 0 saturated carbocycles. The number of nitrogens with one attached hydrogen (secondary N) is 1. The first kappa shape index (κ1) is 13.3. The smallest absolute Gasteiger partial charge is 0.0588 e. The summed E-state index contributed by atoms with van der Waals surface area (Å²) in [6.07, 6.45) is 8.43. The summed E-state index contributed by atoms with van der Waals surface area (Å²) in [4.78, 5) is 2.45. The van der Waals surface area contributed by atoms with E-state index >= 15 is 0 Å². The lowest BCUT2D eigenvalue weighted by molar-refractivity contribution is 0.104. The Balaban J connectivity index is 1.43. The molecule has 17 heavy (non-hydrogen) atoms. The van der Waals surface area contributed by atoms with Gasteiger partial charge < -0.3 is 15.0 Å². The summed E-state index contributed by atoms with van der Waals surface area (Å²) in [5, 5.41) is 3.58. The van der Waals surface area contributed by atoms with Crippen LogP contribution in [0.1, 0.15) is 38.5 Å². The third-order valence-electron chi connectivity index (χ3n) is 4.23. The van der Waals surface area contributed by atoms with Crippen molar-refractivity contribution >= 4 is 0 Å². The van der Waals surface area contributed by atoms with E-state index in [1.54, 1.807) is 0 Å². The molecule has 2 rings (SSSR count). The number of likely N-dealkylation sites (tertiary alicyclic amines) is 1. The van der Waals surface area contributed by atoms with E-state index in [2.05, 4.69) is 17.3 Å². The van der Waals surface area contributed by atoms with Crippen molar-refractivity contribution in [2.45, 2.75) is 44.6 Å². The van der Waals surface area contributed by atoms with Crippen molar-refractivity contribution in [2.24, 2.45) is 5.92 Å². The normalized spacial score (nSPS) is 27.7. The Morgan fingerprint density at radius 1 is 1.12 bits per heavy atom. The van der Waals surface area contributed by atoms with Crippen molar-refractivity contribution in [3.05, 3.63) is 0 Å². The summed E-state index contributed by atoms with van der Waals surface area (Å²) in [5.41, 5.74) is 0. The molecule has 0 aliphatic carbocycles. The first-order chi connectivity index (χ1) is 8.34. The second-order valence-corrected chi connectivity index (χ2v) is 5.71. The van der Waals surface area contributed by atoms with Crippen LogP contribution in [0.15, 0.2) is 0 Å². The van der Waals surface area contributed by atoms with Crippen LogP contribution in [0.5, 0.6) is 0 Å². The summed E-state index contributed by atoms with van der Waals surface area (Å²) in [6, 6.07) is 0. The van der Waals surface area contributed by atoms with Gasteiger partial charge in [-0.2, -0.15) is 0 Å². The number of ether oxygens (including phenoxy) is 1. The Morgan fingerprint density at radius 2 is 1.88 bits per heavy atom. The Morgan fingerprint density at radius 3 is 2.59 bits per heavy atom. The highest BCUT2D eigenvalue weighted by atomic mass is 16.5. The molecule has 2 saturated heterocycles. The van der Waals surface area contributed by atoms with Crippen LogP contribution < -0.4 is 5.32 Å². The number of rotatable bonds is 6. The van der Waals surface area contributed by atoms with E-state index in [0.717, 1.165) is 19.1 Å². The van der Waals surface area contributed by atoms with Crippen LogP contribution in [0.4, 0.5) is 0 Å². The first-order valence-corrected chi connectivity index (χ1v) is 7.35. The minimum atomic E-state index is 0.547. The molecule has 0 aromatic heterocycles. The third-order valence-corrected chi connectivity index (χ3v) is 4.23. The predicted octanol–water partition coefficient (Wildman–Crippen LogP) is 1.88. The van der Waals surface area contributed by atoms with Crippen molar-refractivity contribution < 1.29 is 4.74 Å². The molecule has 0 bridgehead atoms. The van der Waals surface area contributed by atoms with Crippen LogP contribution in [0, 0.1) is 5.92 Å². The third kappa shape index (κ3) is 4.94. The summed E-state index contributed by atoms with van der Waals surface area (Å²) in [6.45, 7) is 5.90. The number of hydrogen-bond donors (Lipinski definition) is 1. The largest absolute Gasteiger partial charge is 0.378 e. The summed E-state index contributed by atoms with van der Waals surface area (Å²) < 4.78 is 5.62. The lowest BCUT2D eigenvalue weighted by Gasteiger charge is -2.28. The van der Waals surface area contributed by atoms with Crippen molar-refractivity contribution in [3.63, 3.8) is 0 Å². The summed E-state index contributed by atoms with van der Waals surface area (Å²) in [7, 11) is 2.23. The average Bonchev–Trinajstić information content (AvgIpc) is 2.84. The van der Waals surface area contributed by atoms with Crippen LogP contribution in [0.25, 0.3) is 0 Å². The van der Waals surface area contributed by atoms with Gasteiger partial charge in [-0.3, -0.25) is 0 Å². The number of hydrogen-bond acceptors (Lipinski definition) is 3. The van der Waals surface area contributed by atoms with Gasteiger partial charge in [0.15, 0.2) is 0 Å². The van der Waals surface area contributed by atoms with E-state index in [4.69, 9.17) is 4.74 Å². The Labute approximate surface area is 106 Å². The molecular weight excluding hydrogens is 212 g/mol. The van der Waals surface area contributed by atoms with Crippen molar-refractivity contribution in [2.75, 3.05) is 39.8 Å². The minimum absolute atomic E-state index is 0.547. The van der Waals surface area contributed by atoms with E-state index in [1.165, 1.54) is 58.2 Å². The van der Waals surface area contributed by atoms with Gasteiger partial charge in [0, 0.05) is 6.61 Å². The van der Waals surface area contributed by atoms with Gasteiger partial charge in [-0.15, -0.1) is 0 Å². The lowest BCUT2D eigenvalue weighted by Crippen LogP contribution is -2.32. The van der Waals surface area contributed by atoms with Crippen LogP contribution in [-0.4, -0.2) is 50.8 Å². The van der Waals surface area contributed by atoms with Gasteiger partial charge in [0.25, 0.3) is 0 Å². The van der Waals surface area contributed by atoms with Gasteiger partial charge in [0.05, 0.1) is 6.10 Å². The van der Waals surface area contributed by atoms with E-state index in [9.17, 15) is 0 Å². The zero-order chi connectivity index (χ0) is 11.9. The van der Waals surface area contributed by atoms with Crippen LogP contribution in [0.2, 0.25) is 0 Å². The molecule has 0 aromatic rings. The molecule has 1 atom stereocenters. The van der Waals surface area contributed by atoms with Crippen molar-refractivity contribution in [1.29, 1.82) is 0 Å². The highest BCUT2D eigenvalue weighted by Gasteiger charge is 2.16. The zero-order valence-electron chi connectivity index (χ0n) is 11.3. The molecular formula is C14H28N2O. The Hall–Kier alpha value is -0.120. The fraction of sp³-hybridized carbons (Fsp3) is 1.00. The molecule has 0 radical (unpaired) electrons. The second kappa shape index (κ2) is 7.34. The van der Waals surface area contributed by atoms with Gasteiger partial charge in [0.1, 0.15) is 0 Å². The molecule has 2 heterocycles. The Kier molecular flexibility index (Phi) is 5.75.